The van der Waals surface area contributed by atoms with E-state index in [9.17, 15) is 0 Å². The van der Waals surface area contributed by atoms with E-state index in [0.717, 1.165) is 38.5 Å². The van der Waals surface area contributed by atoms with Crippen LogP contribution in [-0.2, 0) is 6.54 Å². The van der Waals surface area contributed by atoms with Crippen molar-refractivity contribution in [2.24, 2.45) is 5.73 Å². The van der Waals surface area contributed by atoms with Crippen LogP contribution in [0.4, 0.5) is 0 Å². The van der Waals surface area contributed by atoms with Crippen LogP contribution in [0.1, 0.15) is 5.56 Å². The van der Waals surface area contributed by atoms with Crippen LogP contribution in [0, 0.1) is 11.3 Å². The number of benzene rings is 1. The highest BCUT2D eigenvalue weighted by Gasteiger charge is 2.21. The molecule has 0 saturated carbocycles. The molecule has 7 nitrogen and oxygen atoms in total. The molecule has 0 aliphatic carbocycles. The van der Waals surface area contributed by atoms with E-state index in [0.29, 0.717) is 18.1 Å². The van der Waals surface area contributed by atoms with Gasteiger partial charge in [0.1, 0.15) is 18.1 Å². The summed E-state index contributed by atoms with van der Waals surface area (Å²) in [5.41, 5.74) is 8.89. The Labute approximate surface area is 156 Å². The second-order valence-electron chi connectivity index (χ2n) is 6.20. The largest absolute Gasteiger partial charge is 0.384 e. The zero-order valence-electron chi connectivity index (χ0n) is 15.5. The Morgan fingerprint density at radius 3 is 2.65 bits per heavy atom. The van der Waals surface area contributed by atoms with Gasteiger partial charge >= 0.3 is 0 Å². The van der Waals surface area contributed by atoms with Crippen molar-refractivity contribution in [3.63, 3.8) is 0 Å². The summed E-state index contributed by atoms with van der Waals surface area (Å²) in [5.74, 6) is 0.534. The molecule has 0 amide bonds. The third-order valence-electron chi connectivity index (χ3n) is 4.30. The van der Waals surface area contributed by atoms with Gasteiger partial charge in [-0.1, -0.05) is 36.9 Å². The topological polar surface area (TPSA) is 92.4 Å². The van der Waals surface area contributed by atoms with Crippen LogP contribution in [0.3, 0.4) is 0 Å². The average Bonchev–Trinajstić information content (AvgIpc) is 2.68. The minimum absolute atomic E-state index is 0.187. The minimum Gasteiger partial charge on any atom is -0.384 e. The van der Waals surface area contributed by atoms with Crippen LogP contribution in [0.25, 0.3) is 0 Å². The molecule has 5 N–H and O–H groups in total. The van der Waals surface area contributed by atoms with Crippen molar-refractivity contribution in [3.05, 3.63) is 59.7 Å². The first-order valence-corrected chi connectivity index (χ1v) is 8.85. The number of hydrogen-bond donors (Lipinski definition) is 4. The summed E-state index contributed by atoms with van der Waals surface area (Å²) in [4.78, 5) is 4.60. The van der Waals surface area contributed by atoms with Gasteiger partial charge in [0.2, 0.25) is 0 Å². The molecular weight excluding hydrogens is 326 g/mol. The highest BCUT2D eigenvalue weighted by atomic mass is 15.3. The zero-order valence-corrected chi connectivity index (χ0v) is 15.5. The summed E-state index contributed by atoms with van der Waals surface area (Å²) >= 11 is 0. The van der Waals surface area contributed by atoms with Crippen molar-refractivity contribution in [2.45, 2.75) is 6.54 Å². The molecule has 7 heteroatoms. The Bertz CT molecular complexity index is 642. The van der Waals surface area contributed by atoms with E-state index < -0.39 is 0 Å². The molecule has 1 saturated heterocycles. The van der Waals surface area contributed by atoms with Crippen LogP contribution >= 0.6 is 0 Å². The van der Waals surface area contributed by atoms with E-state index >= 15 is 0 Å². The molecule has 140 valence electrons. The fourth-order valence-electron chi connectivity index (χ4n) is 2.97. The average molecular weight is 355 g/mol. The van der Waals surface area contributed by atoms with Gasteiger partial charge in [-0.15, -0.1) is 0 Å². The molecule has 0 atom stereocenters. The normalized spacial score (nSPS) is 15.5. The predicted molar refractivity (Wildman–Crippen MR) is 104 cm³/mol. The molecule has 1 aliphatic rings. The Morgan fingerprint density at radius 1 is 1.35 bits per heavy atom. The van der Waals surface area contributed by atoms with E-state index in [1.54, 1.807) is 7.05 Å². The molecule has 1 aromatic carbocycles. The van der Waals surface area contributed by atoms with Crippen LogP contribution in [-0.4, -0.2) is 56.2 Å². The van der Waals surface area contributed by atoms with E-state index in [1.165, 1.54) is 5.56 Å². The molecule has 26 heavy (non-hydrogen) atoms. The molecular formula is C19H29N7. The fourth-order valence-corrected chi connectivity index (χ4v) is 2.97. The molecule has 0 aromatic heterocycles. The van der Waals surface area contributed by atoms with Gasteiger partial charge in [0.15, 0.2) is 0 Å². The van der Waals surface area contributed by atoms with Crippen molar-refractivity contribution >= 4 is 0 Å². The summed E-state index contributed by atoms with van der Waals surface area (Å²) in [6.45, 7) is 9.66. The monoisotopic (exact) mass is 355 g/mol. The first kappa shape index (κ1) is 19.6. The number of nitrogens with one attached hydrogen (secondary N) is 3. The highest BCUT2D eigenvalue weighted by Crippen LogP contribution is 2.18. The van der Waals surface area contributed by atoms with E-state index in [1.807, 2.05) is 18.2 Å². The molecule has 2 rings (SSSR count). The number of nitrogens with two attached hydrogens (primary N) is 1. The highest BCUT2D eigenvalue weighted by molar-refractivity contribution is 5.30. The summed E-state index contributed by atoms with van der Waals surface area (Å²) in [7, 11) is 1.79. The SMILES string of the molecule is C=C(NCC#N)/C(=C(/N)NC)N(Cc1ccccc1)CN1CCNCC1. The number of piperazine rings is 1. The van der Waals surface area contributed by atoms with Gasteiger partial charge in [-0.25, -0.2) is 0 Å². The Hall–Kier alpha value is -2.69. The van der Waals surface area contributed by atoms with Gasteiger partial charge < -0.3 is 26.6 Å². The third-order valence-corrected chi connectivity index (χ3v) is 4.30. The lowest BCUT2D eigenvalue weighted by molar-refractivity contribution is 0.140. The maximum absolute atomic E-state index is 8.88. The Morgan fingerprint density at radius 2 is 2.04 bits per heavy atom. The molecule has 1 fully saturated rings. The molecule has 0 radical (unpaired) electrons. The van der Waals surface area contributed by atoms with Crippen LogP contribution < -0.4 is 21.7 Å². The van der Waals surface area contributed by atoms with E-state index in [-0.39, 0.29) is 6.54 Å². The second-order valence-corrected chi connectivity index (χ2v) is 6.20. The van der Waals surface area contributed by atoms with E-state index in [2.05, 4.69) is 50.5 Å². The molecule has 1 aromatic rings. The number of nitrogens with zero attached hydrogens (tertiary/aromatic N) is 3. The molecule has 0 spiro atoms. The number of hydrogen-bond acceptors (Lipinski definition) is 7. The summed E-state index contributed by atoms with van der Waals surface area (Å²) in [5, 5.41) is 18.3. The summed E-state index contributed by atoms with van der Waals surface area (Å²) in [6, 6.07) is 12.4. The minimum atomic E-state index is 0.187. The maximum atomic E-state index is 8.88. The second kappa shape index (κ2) is 10.3. The molecule has 0 unspecified atom stereocenters. The lowest BCUT2D eigenvalue weighted by Gasteiger charge is -2.36. The lowest BCUT2D eigenvalue weighted by atomic mass is 10.2. The van der Waals surface area contributed by atoms with Crippen molar-refractivity contribution < 1.29 is 0 Å². The fraction of sp³-hybridized carbons (Fsp3) is 0.421. The van der Waals surface area contributed by atoms with E-state index in [4.69, 9.17) is 11.0 Å². The van der Waals surface area contributed by atoms with Gasteiger partial charge in [0.05, 0.1) is 18.4 Å². The van der Waals surface area contributed by atoms with Crippen LogP contribution in [0.2, 0.25) is 0 Å². The van der Waals surface area contributed by atoms with Crippen LogP contribution in [0.5, 0.6) is 0 Å². The van der Waals surface area contributed by atoms with Crippen molar-refractivity contribution in [2.75, 3.05) is 46.4 Å². The summed E-state index contributed by atoms with van der Waals surface area (Å²) in [6.07, 6.45) is 0. The molecule has 1 aliphatic heterocycles. The number of rotatable bonds is 9. The lowest BCUT2D eigenvalue weighted by Crippen LogP contribution is -2.49. The van der Waals surface area contributed by atoms with Crippen molar-refractivity contribution in [3.8, 4) is 6.07 Å². The maximum Gasteiger partial charge on any atom is 0.122 e. The molecule has 1 heterocycles. The van der Waals surface area contributed by atoms with Crippen LogP contribution in [0.15, 0.2) is 54.1 Å². The first-order chi connectivity index (χ1) is 12.7. The Kier molecular flexibility index (Phi) is 7.80. The van der Waals surface area contributed by atoms with Gasteiger partial charge in [-0.3, -0.25) is 4.90 Å². The number of nitriles is 1. The van der Waals surface area contributed by atoms with Gasteiger partial charge in [-0.2, -0.15) is 5.26 Å². The van der Waals surface area contributed by atoms with Gasteiger partial charge in [-0.05, 0) is 5.56 Å². The Balaban J connectivity index is 2.27. The third kappa shape index (κ3) is 5.69. The smallest absolute Gasteiger partial charge is 0.122 e. The van der Waals surface area contributed by atoms with Gasteiger partial charge in [0.25, 0.3) is 0 Å². The standard InChI is InChI=1S/C19H29N7/c1-16(24-9-8-20)18(19(21)22-2)26(14-17-6-4-3-5-7-17)15-25-12-10-23-11-13-25/h3-7,22-24H,1,9-15,21H2,2H3/b19-18+. The summed E-state index contributed by atoms with van der Waals surface area (Å²) < 4.78 is 0. The van der Waals surface area contributed by atoms with Crippen molar-refractivity contribution in [1.29, 1.82) is 5.26 Å². The predicted octanol–water partition coefficient (Wildman–Crippen LogP) is 0.325. The molecule has 0 bridgehead atoms. The quantitative estimate of drug-likeness (QED) is 0.375. The van der Waals surface area contributed by atoms with Crippen molar-refractivity contribution in [1.82, 2.24) is 25.8 Å². The first-order valence-electron chi connectivity index (χ1n) is 8.85. The van der Waals surface area contributed by atoms with Gasteiger partial charge in [0, 0.05) is 39.8 Å². The zero-order chi connectivity index (χ0) is 18.8.